The van der Waals surface area contributed by atoms with Crippen molar-refractivity contribution in [1.82, 2.24) is 9.80 Å². The molecule has 6 nitrogen and oxygen atoms in total. The quantitative estimate of drug-likeness (QED) is 0.483. The second-order valence-electron chi connectivity index (χ2n) is 7.30. The van der Waals surface area contributed by atoms with Gasteiger partial charge in [-0.3, -0.25) is 14.6 Å². The third kappa shape index (κ3) is 5.58. The molecule has 1 unspecified atom stereocenters. The number of benzene rings is 1. The van der Waals surface area contributed by atoms with Gasteiger partial charge in [0.2, 0.25) is 0 Å². The van der Waals surface area contributed by atoms with Crippen LogP contribution in [0.5, 0.6) is 5.75 Å². The molecule has 0 saturated carbocycles. The molecule has 4 rings (SSSR count). The average molecular weight is 435 g/mol. The van der Waals surface area contributed by atoms with Crippen molar-refractivity contribution < 1.29 is 19.0 Å². The first-order valence-corrected chi connectivity index (χ1v) is 11.3. The number of thioether (sulfide) groups is 1. The number of rotatable bonds is 7. The molecule has 1 amide bonds. The Morgan fingerprint density at radius 1 is 1.17 bits per heavy atom. The number of carbonyl (C=O) groups excluding carboxylic acids is 1. The minimum absolute atomic E-state index is 0.00744. The summed E-state index contributed by atoms with van der Waals surface area (Å²) in [6.45, 7) is 6.19. The Morgan fingerprint density at radius 2 is 1.97 bits per heavy atom. The molecule has 0 aliphatic carbocycles. The van der Waals surface area contributed by atoms with Gasteiger partial charge >= 0.3 is 0 Å². The highest BCUT2D eigenvalue weighted by molar-refractivity contribution is 8.26. The van der Waals surface area contributed by atoms with Crippen LogP contribution in [0.2, 0.25) is 0 Å². The van der Waals surface area contributed by atoms with Crippen molar-refractivity contribution in [2.24, 2.45) is 0 Å². The van der Waals surface area contributed by atoms with Gasteiger partial charge in [-0.05, 0) is 36.6 Å². The van der Waals surface area contributed by atoms with Crippen LogP contribution >= 0.6 is 24.0 Å². The SMILES string of the molecule is O=C1/C(=C/c2ccc(OCC3CCCO3)cc2)SC(=S)N1CCN1CCOCC1. The molecule has 0 radical (unpaired) electrons. The van der Waals surface area contributed by atoms with Gasteiger partial charge in [-0.1, -0.05) is 36.1 Å². The van der Waals surface area contributed by atoms with E-state index < -0.39 is 0 Å². The zero-order chi connectivity index (χ0) is 20.1. The smallest absolute Gasteiger partial charge is 0.266 e. The molecule has 3 saturated heterocycles. The van der Waals surface area contributed by atoms with Gasteiger partial charge in [0.15, 0.2) is 0 Å². The van der Waals surface area contributed by atoms with Gasteiger partial charge < -0.3 is 14.2 Å². The van der Waals surface area contributed by atoms with E-state index >= 15 is 0 Å². The maximum atomic E-state index is 12.8. The summed E-state index contributed by atoms with van der Waals surface area (Å²) in [6.07, 6.45) is 4.27. The third-order valence-corrected chi connectivity index (χ3v) is 6.63. The molecule has 0 aromatic heterocycles. The molecule has 3 heterocycles. The van der Waals surface area contributed by atoms with E-state index in [2.05, 4.69) is 4.90 Å². The van der Waals surface area contributed by atoms with E-state index in [4.69, 9.17) is 26.4 Å². The molecule has 3 fully saturated rings. The van der Waals surface area contributed by atoms with E-state index in [1.807, 2.05) is 30.3 Å². The number of morpholine rings is 1. The Bertz CT molecular complexity index is 756. The molecule has 1 aromatic carbocycles. The highest BCUT2D eigenvalue weighted by Gasteiger charge is 2.32. The molecule has 0 N–H and O–H groups in total. The number of amides is 1. The molecule has 1 atom stereocenters. The number of thiocarbonyl (C=S) groups is 1. The molecule has 8 heteroatoms. The van der Waals surface area contributed by atoms with Gasteiger partial charge in [-0.15, -0.1) is 0 Å². The summed E-state index contributed by atoms with van der Waals surface area (Å²) in [6, 6.07) is 7.79. The van der Waals surface area contributed by atoms with Gasteiger partial charge in [0.1, 0.15) is 16.7 Å². The van der Waals surface area contributed by atoms with Crippen LogP contribution in [0.15, 0.2) is 29.2 Å². The maximum Gasteiger partial charge on any atom is 0.266 e. The second kappa shape index (κ2) is 10.0. The predicted octanol–water partition coefficient (Wildman–Crippen LogP) is 2.78. The number of ether oxygens (including phenoxy) is 3. The Kier molecular flexibility index (Phi) is 7.20. The maximum absolute atomic E-state index is 12.8. The van der Waals surface area contributed by atoms with Gasteiger partial charge in [-0.2, -0.15) is 0 Å². The van der Waals surface area contributed by atoms with E-state index in [0.29, 0.717) is 22.4 Å². The van der Waals surface area contributed by atoms with Crippen LogP contribution in [-0.4, -0.2) is 78.7 Å². The normalized spacial score (nSPS) is 24.6. The first-order chi connectivity index (χ1) is 14.2. The van der Waals surface area contributed by atoms with Crippen LogP contribution < -0.4 is 4.74 Å². The topological polar surface area (TPSA) is 51.2 Å². The van der Waals surface area contributed by atoms with Crippen molar-refractivity contribution >= 4 is 40.3 Å². The van der Waals surface area contributed by atoms with E-state index in [9.17, 15) is 4.79 Å². The average Bonchev–Trinajstić information content (AvgIpc) is 3.35. The summed E-state index contributed by atoms with van der Waals surface area (Å²) in [4.78, 5) is 17.5. The Morgan fingerprint density at radius 3 is 2.69 bits per heavy atom. The van der Waals surface area contributed by atoms with Gasteiger partial charge in [0.25, 0.3) is 5.91 Å². The molecule has 1 aromatic rings. The van der Waals surface area contributed by atoms with Gasteiger partial charge in [-0.25, -0.2) is 0 Å². The minimum Gasteiger partial charge on any atom is -0.491 e. The fourth-order valence-electron chi connectivity index (χ4n) is 3.54. The lowest BCUT2D eigenvalue weighted by Crippen LogP contribution is -2.42. The second-order valence-corrected chi connectivity index (χ2v) is 8.98. The minimum atomic E-state index is -0.00744. The molecule has 0 spiro atoms. The lowest BCUT2D eigenvalue weighted by atomic mass is 10.2. The van der Waals surface area contributed by atoms with Crippen molar-refractivity contribution in [3.63, 3.8) is 0 Å². The van der Waals surface area contributed by atoms with Crippen molar-refractivity contribution in [2.45, 2.75) is 18.9 Å². The third-order valence-electron chi connectivity index (χ3n) is 5.25. The summed E-state index contributed by atoms with van der Waals surface area (Å²) in [5, 5.41) is 0. The summed E-state index contributed by atoms with van der Waals surface area (Å²) in [5.41, 5.74) is 0.961. The summed E-state index contributed by atoms with van der Waals surface area (Å²) < 4.78 is 17.4. The fourth-order valence-corrected chi connectivity index (χ4v) is 4.84. The van der Waals surface area contributed by atoms with Crippen molar-refractivity contribution in [1.29, 1.82) is 0 Å². The molecule has 3 aliphatic heterocycles. The molecular formula is C21H26N2O4S2. The Hall–Kier alpha value is -1.45. The zero-order valence-electron chi connectivity index (χ0n) is 16.4. The lowest BCUT2D eigenvalue weighted by Gasteiger charge is -2.28. The standard InChI is InChI=1S/C21H26N2O4S2/c24-20-19(29-21(28)23(20)8-7-22-9-12-25-13-10-22)14-16-3-5-17(6-4-16)27-15-18-2-1-11-26-18/h3-6,14,18H,1-2,7-13,15H2/b19-14-. The van der Waals surface area contributed by atoms with Gasteiger partial charge in [0, 0.05) is 32.8 Å². The number of hydrogen-bond donors (Lipinski definition) is 0. The van der Waals surface area contributed by atoms with E-state index in [1.165, 1.54) is 11.8 Å². The van der Waals surface area contributed by atoms with Crippen LogP contribution in [0.25, 0.3) is 6.08 Å². The Labute approximate surface area is 181 Å². The first kappa shape index (κ1) is 20.8. The predicted molar refractivity (Wildman–Crippen MR) is 118 cm³/mol. The number of carbonyl (C=O) groups is 1. The number of nitrogens with zero attached hydrogens (tertiary/aromatic N) is 2. The number of hydrogen-bond acceptors (Lipinski definition) is 7. The molecular weight excluding hydrogens is 408 g/mol. The molecule has 3 aliphatic rings. The highest BCUT2D eigenvalue weighted by Crippen LogP contribution is 2.32. The van der Waals surface area contributed by atoms with Crippen molar-refractivity contribution in [2.75, 3.05) is 52.6 Å². The lowest BCUT2D eigenvalue weighted by molar-refractivity contribution is -0.122. The molecule has 29 heavy (non-hydrogen) atoms. The van der Waals surface area contributed by atoms with E-state index in [0.717, 1.165) is 63.6 Å². The summed E-state index contributed by atoms with van der Waals surface area (Å²) >= 11 is 6.81. The van der Waals surface area contributed by atoms with Crippen LogP contribution in [0, 0.1) is 0 Å². The van der Waals surface area contributed by atoms with Crippen molar-refractivity contribution in [3.05, 3.63) is 34.7 Å². The summed E-state index contributed by atoms with van der Waals surface area (Å²) in [5.74, 6) is 0.808. The van der Waals surface area contributed by atoms with Crippen LogP contribution in [0.1, 0.15) is 18.4 Å². The van der Waals surface area contributed by atoms with Crippen LogP contribution in [0.4, 0.5) is 0 Å². The molecule has 0 bridgehead atoms. The zero-order valence-corrected chi connectivity index (χ0v) is 18.0. The van der Waals surface area contributed by atoms with Crippen molar-refractivity contribution in [3.8, 4) is 5.75 Å². The summed E-state index contributed by atoms with van der Waals surface area (Å²) in [7, 11) is 0. The van der Waals surface area contributed by atoms with Gasteiger partial charge in [0.05, 0.1) is 24.2 Å². The monoisotopic (exact) mass is 434 g/mol. The van der Waals surface area contributed by atoms with E-state index in [1.54, 1.807) is 4.90 Å². The Balaban J connectivity index is 1.31. The fraction of sp³-hybridized carbons (Fsp3) is 0.524. The first-order valence-electron chi connectivity index (χ1n) is 10.1. The highest BCUT2D eigenvalue weighted by atomic mass is 32.2. The largest absolute Gasteiger partial charge is 0.491 e. The molecule has 156 valence electrons. The van der Waals surface area contributed by atoms with E-state index in [-0.39, 0.29) is 12.0 Å². The van der Waals surface area contributed by atoms with Crippen LogP contribution in [-0.2, 0) is 14.3 Å². The van der Waals surface area contributed by atoms with Crippen LogP contribution in [0.3, 0.4) is 0 Å².